The lowest BCUT2D eigenvalue weighted by atomic mass is 9.81. The molecule has 9 aromatic rings. The Labute approximate surface area is 298 Å². The highest BCUT2D eigenvalue weighted by Crippen LogP contribution is 2.53. The molecule has 1 aliphatic rings. The number of anilines is 3. The summed E-state index contributed by atoms with van der Waals surface area (Å²) in [7, 11) is 0. The van der Waals surface area contributed by atoms with E-state index in [2.05, 4.69) is 205 Å². The van der Waals surface area contributed by atoms with E-state index >= 15 is 0 Å². The maximum Gasteiger partial charge on any atom is 0.0541 e. The number of para-hydroxylation sites is 3. The highest BCUT2D eigenvalue weighted by Gasteiger charge is 2.37. The minimum absolute atomic E-state index is 0.161. The molecule has 242 valence electrons. The van der Waals surface area contributed by atoms with Gasteiger partial charge in [0.15, 0.2) is 0 Å². The topological polar surface area (TPSA) is 8.17 Å². The summed E-state index contributed by atoms with van der Waals surface area (Å²) in [5.41, 5.74) is 14.8. The third-order valence-electron chi connectivity index (χ3n) is 11.0. The lowest BCUT2D eigenvalue weighted by Crippen LogP contribution is -2.16. The maximum atomic E-state index is 2.42. The molecule has 1 heterocycles. The van der Waals surface area contributed by atoms with Gasteiger partial charge in [0.1, 0.15) is 0 Å². The van der Waals surface area contributed by atoms with E-state index < -0.39 is 0 Å². The Morgan fingerprint density at radius 2 is 1.06 bits per heavy atom. The SMILES string of the molecule is CC1(C)c2cc(N(c3ccccc3)c3ccc4ccccc4c3)ccc2-c2c(-c3ccc(-n4c5ccccc5c5ccccc54)cc3)cccc21. The van der Waals surface area contributed by atoms with Crippen molar-refractivity contribution in [1.29, 1.82) is 0 Å². The van der Waals surface area contributed by atoms with Gasteiger partial charge in [0.25, 0.3) is 0 Å². The molecular formula is C49H36N2. The fourth-order valence-electron chi connectivity index (χ4n) is 8.49. The average Bonchev–Trinajstić information content (AvgIpc) is 3.64. The molecule has 10 rings (SSSR count). The molecule has 0 radical (unpaired) electrons. The summed E-state index contributed by atoms with van der Waals surface area (Å²) < 4.78 is 2.39. The highest BCUT2D eigenvalue weighted by atomic mass is 15.1. The fourth-order valence-corrected chi connectivity index (χ4v) is 8.49. The molecule has 0 spiro atoms. The number of nitrogens with zero attached hydrogens (tertiary/aromatic N) is 2. The van der Waals surface area contributed by atoms with Crippen LogP contribution in [0.2, 0.25) is 0 Å². The van der Waals surface area contributed by atoms with Crippen LogP contribution in [0.15, 0.2) is 182 Å². The first-order chi connectivity index (χ1) is 25.1. The Bertz CT molecular complexity index is 2720. The number of aromatic nitrogens is 1. The summed E-state index contributed by atoms with van der Waals surface area (Å²) in [6.45, 7) is 4.75. The monoisotopic (exact) mass is 652 g/mol. The van der Waals surface area contributed by atoms with Crippen molar-refractivity contribution in [2.75, 3.05) is 4.90 Å². The second-order valence-electron chi connectivity index (χ2n) is 14.2. The zero-order valence-corrected chi connectivity index (χ0v) is 28.7. The van der Waals surface area contributed by atoms with Crippen molar-refractivity contribution in [3.8, 4) is 27.9 Å². The van der Waals surface area contributed by atoms with Crippen molar-refractivity contribution in [3.63, 3.8) is 0 Å². The van der Waals surface area contributed by atoms with Crippen molar-refractivity contribution in [2.24, 2.45) is 0 Å². The van der Waals surface area contributed by atoms with E-state index in [1.54, 1.807) is 0 Å². The van der Waals surface area contributed by atoms with Crippen LogP contribution in [0.25, 0.3) is 60.5 Å². The Kier molecular flexibility index (Phi) is 6.56. The molecule has 0 aliphatic heterocycles. The molecule has 1 aromatic heterocycles. The third kappa shape index (κ3) is 4.57. The van der Waals surface area contributed by atoms with Gasteiger partial charge in [0.05, 0.1) is 11.0 Å². The van der Waals surface area contributed by atoms with Crippen molar-refractivity contribution >= 4 is 49.6 Å². The molecule has 1 aliphatic carbocycles. The van der Waals surface area contributed by atoms with Crippen LogP contribution < -0.4 is 4.90 Å². The van der Waals surface area contributed by atoms with Gasteiger partial charge in [-0.2, -0.15) is 0 Å². The molecule has 0 fully saturated rings. The quantitative estimate of drug-likeness (QED) is 0.180. The van der Waals surface area contributed by atoms with Crippen LogP contribution in [0.5, 0.6) is 0 Å². The Morgan fingerprint density at radius 3 is 1.80 bits per heavy atom. The van der Waals surface area contributed by atoms with Crippen LogP contribution in [-0.4, -0.2) is 4.57 Å². The first-order valence-corrected chi connectivity index (χ1v) is 17.8. The van der Waals surface area contributed by atoms with E-state index in [1.165, 1.54) is 71.6 Å². The molecule has 0 atom stereocenters. The van der Waals surface area contributed by atoms with Gasteiger partial charge in [-0.1, -0.05) is 135 Å². The van der Waals surface area contributed by atoms with Crippen molar-refractivity contribution in [2.45, 2.75) is 19.3 Å². The second-order valence-corrected chi connectivity index (χ2v) is 14.2. The van der Waals surface area contributed by atoms with Crippen molar-refractivity contribution in [3.05, 3.63) is 193 Å². The summed E-state index contributed by atoms with van der Waals surface area (Å²) in [5, 5.41) is 5.04. The van der Waals surface area contributed by atoms with E-state index in [1.807, 2.05) is 0 Å². The first kappa shape index (κ1) is 29.5. The Balaban J connectivity index is 1.09. The van der Waals surface area contributed by atoms with E-state index in [0.717, 1.165) is 17.1 Å². The van der Waals surface area contributed by atoms with Gasteiger partial charge < -0.3 is 9.47 Å². The lowest BCUT2D eigenvalue weighted by molar-refractivity contribution is 0.660. The molecular weight excluding hydrogens is 617 g/mol. The maximum absolute atomic E-state index is 2.42. The number of hydrogen-bond acceptors (Lipinski definition) is 1. The predicted octanol–water partition coefficient (Wildman–Crippen LogP) is 13.4. The van der Waals surface area contributed by atoms with Gasteiger partial charge >= 0.3 is 0 Å². The molecule has 0 amide bonds. The van der Waals surface area contributed by atoms with E-state index in [0.29, 0.717) is 0 Å². The summed E-state index contributed by atoms with van der Waals surface area (Å²) in [5.74, 6) is 0. The Morgan fingerprint density at radius 1 is 0.431 bits per heavy atom. The fraction of sp³-hybridized carbons (Fsp3) is 0.0612. The molecule has 0 bridgehead atoms. The van der Waals surface area contributed by atoms with Crippen LogP contribution in [0.4, 0.5) is 17.1 Å². The van der Waals surface area contributed by atoms with E-state index in [9.17, 15) is 0 Å². The van der Waals surface area contributed by atoms with E-state index in [-0.39, 0.29) is 5.41 Å². The molecule has 0 saturated carbocycles. The molecule has 2 nitrogen and oxygen atoms in total. The van der Waals surface area contributed by atoms with Crippen molar-refractivity contribution in [1.82, 2.24) is 4.57 Å². The van der Waals surface area contributed by atoms with Crippen LogP contribution in [0.3, 0.4) is 0 Å². The zero-order valence-electron chi connectivity index (χ0n) is 28.7. The van der Waals surface area contributed by atoms with Crippen LogP contribution >= 0.6 is 0 Å². The minimum Gasteiger partial charge on any atom is -0.310 e. The molecule has 2 heteroatoms. The molecule has 51 heavy (non-hydrogen) atoms. The standard InChI is InChI=1S/C49H36N2/c1-49(2)44-20-12-19-40(34-24-26-37(27-25-34)51-46-21-10-8-17-41(46)42-18-9-11-22-47(42)51)48(44)43-30-29-39(32-45(43)49)50(36-15-4-3-5-16-36)38-28-23-33-13-6-7-14-35(33)31-38/h3-32H,1-2H3. The summed E-state index contributed by atoms with van der Waals surface area (Å²) in [4.78, 5) is 2.39. The van der Waals surface area contributed by atoms with Gasteiger partial charge in [0.2, 0.25) is 0 Å². The number of fused-ring (bicyclic) bond motifs is 7. The largest absolute Gasteiger partial charge is 0.310 e. The highest BCUT2D eigenvalue weighted by molar-refractivity contribution is 6.09. The molecule has 8 aromatic carbocycles. The number of benzene rings is 8. The van der Waals surface area contributed by atoms with Gasteiger partial charge in [-0.25, -0.2) is 0 Å². The first-order valence-electron chi connectivity index (χ1n) is 17.8. The van der Waals surface area contributed by atoms with Gasteiger partial charge in [0, 0.05) is 38.9 Å². The van der Waals surface area contributed by atoms with Gasteiger partial charge in [-0.3, -0.25) is 0 Å². The van der Waals surface area contributed by atoms with Crippen LogP contribution in [-0.2, 0) is 5.41 Å². The lowest BCUT2D eigenvalue weighted by Gasteiger charge is -2.28. The Hall–Kier alpha value is -6.38. The van der Waals surface area contributed by atoms with Gasteiger partial charge in [-0.15, -0.1) is 0 Å². The molecule has 0 unspecified atom stereocenters. The average molecular weight is 653 g/mol. The van der Waals surface area contributed by atoms with Crippen LogP contribution in [0.1, 0.15) is 25.0 Å². The summed E-state index contributed by atoms with van der Waals surface area (Å²) in [6, 6.07) is 66.6. The zero-order chi connectivity index (χ0) is 34.1. The third-order valence-corrected chi connectivity index (χ3v) is 11.0. The van der Waals surface area contributed by atoms with Crippen molar-refractivity contribution < 1.29 is 0 Å². The second kappa shape index (κ2) is 11.3. The van der Waals surface area contributed by atoms with E-state index in [4.69, 9.17) is 0 Å². The predicted molar refractivity (Wildman–Crippen MR) is 216 cm³/mol. The summed E-state index contributed by atoms with van der Waals surface area (Å²) >= 11 is 0. The number of hydrogen-bond donors (Lipinski definition) is 0. The summed E-state index contributed by atoms with van der Waals surface area (Å²) in [6.07, 6.45) is 0. The smallest absolute Gasteiger partial charge is 0.0541 e. The van der Waals surface area contributed by atoms with Crippen LogP contribution in [0, 0.1) is 0 Å². The minimum atomic E-state index is -0.161. The normalized spacial score (nSPS) is 13.1. The van der Waals surface area contributed by atoms with Gasteiger partial charge in [-0.05, 0) is 105 Å². The molecule has 0 N–H and O–H groups in total. The molecule has 0 saturated heterocycles. The number of rotatable bonds is 5.